The van der Waals surface area contributed by atoms with Crippen LogP contribution in [0.5, 0.6) is 0 Å². The Morgan fingerprint density at radius 1 is 1.08 bits per heavy atom. The van der Waals surface area contributed by atoms with Gasteiger partial charge >= 0.3 is 0 Å². The third kappa shape index (κ3) is 3.16. The maximum Gasteiger partial charge on any atom is 0.257 e. The molecular weight excluding hydrogens is 370 g/mol. The molecule has 0 amide bonds. The first kappa shape index (κ1) is 16.6. The van der Waals surface area contributed by atoms with Crippen LogP contribution in [0.4, 0.5) is 0 Å². The summed E-state index contributed by atoms with van der Waals surface area (Å²) < 4.78 is 24.9. The van der Waals surface area contributed by atoms with Crippen molar-refractivity contribution in [2.24, 2.45) is 0 Å². The Balaban J connectivity index is 1.69. The van der Waals surface area contributed by atoms with Crippen LogP contribution in [0.1, 0.15) is 5.01 Å². The van der Waals surface area contributed by atoms with E-state index in [0.717, 1.165) is 10.9 Å². The molecule has 0 spiro atoms. The third-order valence-electron chi connectivity index (χ3n) is 3.85. The number of aromatic amines is 1. The van der Waals surface area contributed by atoms with Crippen molar-refractivity contribution in [3.8, 4) is 11.3 Å². The Morgan fingerprint density at radius 2 is 1.88 bits per heavy atom. The number of rotatable bonds is 4. The summed E-state index contributed by atoms with van der Waals surface area (Å²) in [7, 11) is -3.58. The van der Waals surface area contributed by atoms with Crippen LogP contribution in [0, 0.1) is 0 Å². The topological polar surface area (TPSA) is 92.8 Å². The Hall–Kier alpha value is -2.84. The Labute approximate surface area is 153 Å². The van der Waals surface area contributed by atoms with Gasteiger partial charge < -0.3 is 4.98 Å². The molecule has 3 heterocycles. The zero-order valence-electron chi connectivity index (χ0n) is 13.4. The molecule has 0 aliphatic rings. The number of hydrogen-bond acceptors (Lipinski definition) is 6. The maximum absolute atomic E-state index is 12.4. The van der Waals surface area contributed by atoms with Crippen LogP contribution in [0.25, 0.3) is 22.2 Å². The standard InChI is InChI=1S/C18H13N3O3S2/c22-18-13(9-12-5-1-2-6-14(12)21-18)15-10-25-16(20-15)11-26(23,24)17-7-3-4-8-19-17/h1-10H,11H2,(H,21,22). The molecule has 4 rings (SSSR count). The van der Waals surface area contributed by atoms with Crippen molar-refractivity contribution < 1.29 is 8.42 Å². The number of thiazole rings is 1. The molecule has 0 saturated carbocycles. The normalized spacial score (nSPS) is 11.7. The summed E-state index contributed by atoms with van der Waals surface area (Å²) in [6.45, 7) is 0. The highest BCUT2D eigenvalue weighted by Gasteiger charge is 2.19. The Morgan fingerprint density at radius 3 is 2.69 bits per heavy atom. The third-order valence-corrected chi connectivity index (χ3v) is 6.41. The molecular formula is C18H13N3O3S2. The van der Waals surface area contributed by atoms with Crippen molar-refractivity contribution in [2.75, 3.05) is 0 Å². The molecule has 0 aliphatic carbocycles. The average molecular weight is 383 g/mol. The molecule has 1 N–H and O–H groups in total. The van der Waals surface area contributed by atoms with Crippen molar-refractivity contribution >= 4 is 32.1 Å². The molecule has 8 heteroatoms. The van der Waals surface area contributed by atoms with E-state index in [9.17, 15) is 13.2 Å². The predicted molar refractivity (Wildman–Crippen MR) is 101 cm³/mol. The van der Waals surface area contributed by atoms with Crippen molar-refractivity contribution in [3.63, 3.8) is 0 Å². The summed E-state index contributed by atoms with van der Waals surface area (Å²) in [4.78, 5) is 23.4. The largest absolute Gasteiger partial charge is 0.321 e. The fourth-order valence-electron chi connectivity index (χ4n) is 2.61. The minimum Gasteiger partial charge on any atom is -0.321 e. The number of H-pyrrole nitrogens is 1. The van der Waals surface area contributed by atoms with Gasteiger partial charge in [-0.3, -0.25) is 4.79 Å². The first-order valence-corrected chi connectivity index (χ1v) is 10.3. The van der Waals surface area contributed by atoms with Crippen LogP contribution >= 0.6 is 11.3 Å². The van der Waals surface area contributed by atoms with Crippen LogP contribution in [-0.4, -0.2) is 23.4 Å². The summed E-state index contributed by atoms with van der Waals surface area (Å²) in [5.41, 5.74) is 1.37. The minimum absolute atomic E-state index is 0.0142. The fourth-order valence-corrected chi connectivity index (χ4v) is 4.97. The molecule has 0 saturated heterocycles. The second kappa shape index (κ2) is 6.47. The van der Waals surface area contributed by atoms with E-state index in [1.165, 1.54) is 23.6 Å². The smallest absolute Gasteiger partial charge is 0.257 e. The van der Waals surface area contributed by atoms with Crippen LogP contribution < -0.4 is 5.56 Å². The first-order valence-electron chi connectivity index (χ1n) is 7.73. The fraction of sp³-hybridized carbons (Fsp3) is 0.0556. The van der Waals surface area contributed by atoms with Gasteiger partial charge in [0.25, 0.3) is 5.56 Å². The minimum atomic E-state index is -3.58. The number of para-hydroxylation sites is 1. The Kier molecular flexibility index (Phi) is 4.14. The molecule has 0 atom stereocenters. The first-order chi connectivity index (χ1) is 12.5. The van der Waals surface area contributed by atoms with Gasteiger partial charge in [0.15, 0.2) is 5.03 Å². The van der Waals surface area contributed by atoms with E-state index in [1.807, 2.05) is 24.3 Å². The molecule has 130 valence electrons. The summed E-state index contributed by atoms with van der Waals surface area (Å²) in [5, 5.41) is 3.01. The van der Waals surface area contributed by atoms with Gasteiger partial charge in [-0.25, -0.2) is 18.4 Å². The van der Waals surface area contributed by atoms with E-state index >= 15 is 0 Å². The van der Waals surface area contributed by atoms with E-state index in [-0.39, 0.29) is 16.3 Å². The van der Waals surface area contributed by atoms with Gasteiger partial charge in [0.1, 0.15) is 10.8 Å². The molecule has 4 aromatic rings. The summed E-state index contributed by atoms with van der Waals surface area (Å²) in [6.07, 6.45) is 1.44. The zero-order chi connectivity index (χ0) is 18.1. The second-order valence-electron chi connectivity index (χ2n) is 5.65. The highest BCUT2D eigenvalue weighted by atomic mass is 32.2. The predicted octanol–water partition coefficient (Wildman–Crippen LogP) is 3.02. The lowest BCUT2D eigenvalue weighted by atomic mass is 10.1. The average Bonchev–Trinajstić information content (AvgIpc) is 3.09. The number of nitrogens with one attached hydrogen (secondary N) is 1. The molecule has 3 aromatic heterocycles. The molecule has 0 radical (unpaired) electrons. The number of benzene rings is 1. The highest BCUT2D eigenvalue weighted by molar-refractivity contribution is 7.90. The lowest BCUT2D eigenvalue weighted by Crippen LogP contribution is -2.09. The quantitative estimate of drug-likeness (QED) is 0.585. The number of fused-ring (bicyclic) bond motifs is 1. The van der Waals surface area contributed by atoms with Gasteiger partial charge in [-0.15, -0.1) is 11.3 Å². The van der Waals surface area contributed by atoms with Crippen LogP contribution in [-0.2, 0) is 15.6 Å². The SMILES string of the molecule is O=c1[nH]c2ccccc2cc1-c1csc(CS(=O)(=O)c2ccccn2)n1. The number of hydrogen-bond donors (Lipinski definition) is 1. The summed E-state index contributed by atoms with van der Waals surface area (Å²) in [6, 6.07) is 14.0. The van der Waals surface area contributed by atoms with Crippen LogP contribution in [0.2, 0.25) is 0 Å². The lowest BCUT2D eigenvalue weighted by Gasteiger charge is -2.01. The van der Waals surface area contributed by atoms with Crippen molar-refractivity contribution in [1.82, 2.24) is 15.0 Å². The van der Waals surface area contributed by atoms with Crippen molar-refractivity contribution in [3.05, 3.63) is 75.5 Å². The zero-order valence-corrected chi connectivity index (χ0v) is 15.0. The van der Waals surface area contributed by atoms with Gasteiger partial charge in [0, 0.05) is 17.1 Å². The number of sulfone groups is 1. The van der Waals surface area contributed by atoms with Crippen molar-refractivity contribution in [2.45, 2.75) is 10.8 Å². The molecule has 6 nitrogen and oxygen atoms in total. The molecule has 0 aliphatic heterocycles. The van der Waals surface area contributed by atoms with Crippen LogP contribution in [0.15, 0.2) is 69.9 Å². The summed E-state index contributed by atoms with van der Waals surface area (Å²) >= 11 is 1.21. The van der Waals surface area contributed by atoms with Crippen molar-refractivity contribution in [1.29, 1.82) is 0 Å². The van der Waals surface area contributed by atoms with Crippen LogP contribution in [0.3, 0.4) is 0 Å². The van der Waals surface area contributed by atoms with Gasteiger partial charge in [-0.1, -0.05) is 24.3 Å². The van der Waals surface area contributed by atoms with E-state index < -0.39 is 9.84 Å². The van der Waals surface area contributed by atoms with E-state index in [2.05, 4.69) is 15.0 Å². The molecule has 1 aromatic carbocycles. The number of nitrogens with zero attached hydrogens (tertiary/aromatic N) is 2. The molecule has 0 bridgehead atoms. The lowest BCUT2D eigenvalue weighted by molar-refractivity contribution is 0.591. The van der Waals surface area contributed by atoms with Gasteiger partial charge in [0.2, 0.25) is 9.84 Å². The number of pyridine rings is 2. The molecule has 0 fully saturated rings. The van der Waals surface area contributed by atoms with Gasteiger partial charge in [-0.2, -0.15) is 0 Å². The van der Waals surface area contributed by atoms with E-state index in [4.69, 9.17) is 0 Å². The Bertz CT molecular complexity index is 1250. The second-order valence-corrected chi connectivity index (χ2v) is 8.53. The maximum atomic E-state index is 12.4. The van der Waals surface area contributed by atoms with E-state index in [0.29, 0.717) is 16.3 Å². The molecule has 0 unspecified atom stereocenters. The highest BCUT2D eigenvalue weighted by Crippen LogP contribution is 2.24. The summed E-state index contributed by atoms with van der Waals surface area (Å²) in [5.74, 6) is -0.250. The van der Waals surface area contributed by atoms with E-state index in [1.54, 1.807) is 23.6 Å². The molecule has 26 heavy (non-hydrogen) atoms. The number of aromatic nitrogens is 3. The monoisotopic (exact) mass is 383 g/mol. The van der Waals surface area contributed by atoms with Gasteiger partial charge in [-0.05, 0) is 29.7 Å². The van der Waals surface area contributed by atoms with Gasteiger partial charge in [0.05, 0.1) is 11.3 Å².